The Balaban J connectivity index is 6.08. The van der Waals surface area contributed by atoms with Crippen LogP contribution >= 0.6 is 0 Å². The monoisotopic (exact) mass is 939 g/mol. The molecule has 0 aliphatic heterocycles. The predicted octanol–water partition coefficient (Wildman–Crippen LogP) is 9.49. The molecule has 0 spiro atoms. The molecule has 0 radical (unpaired) electrons. The molecule has 0 aliphatic rings. The number of ether oxygens (including phenoxy) is 4. The fourth-order valence-electron chi connectivity index (χ4n) is 3.48. The van der Waals surface area contributed by atoms with E-state index in [1.165, 1.54) is 0 Å². The summed E-state index contributed by atoms with van der Waals surface area (Å²) in [7, 11) is 0. The summed E-state index contributed by atoms with van der Waals surface area (Å²) in [5.74, 6) is -79.2. The van der Waals surface area contributed by atoms with E-state index in [-0.39, 0.29) is 5.57 Å². The lowest BCUT2D eigenvalue weighted by Crippen LogP contribution is -2.70. The van der Waals surface area contributed by atoms with Gasteiger partial charge >= 0.3 is 83.6 Å². The van der Waals surface area contributed by atoms with Crippen molar-refractivity contribution in [1.29, 1.82) is 0 Å². The van der Waals surface area contributed by atoms with Crippen molar-refractivity contribution in [3.05, 3.63) is 12.2 Å². The minimum atomic E-state index is -8.27. The van der Waals surface area contributed by atoms with Crippen LogP contribution < -0.4 is 5.32 Å². The second-order valence-corrected chi connectivity index (χ2v) is 11.5. The maximum absolute atomic E-state index is 14.0. The van der Waals surface area contributed by atoms with Crippen LogP contribution in [0.1, 0.15) is 19.8 Å². The Hall–Kier alpha value is -3.42. The zero-order valence-electron chi connectivity index (χ0n) is 28.2. The van der Waals surface area contributed by atoms with Crippen LogP contribution in [-0.2, 0) is 23.7 Å². The average Bonchev–Trinajstić information content (AvgIpc) is 3.04. The molecule has 0 fully saturated rings. The highest BCUT2D eigenvalue weighted by molar-refractivity contribution is 5.86. The van der Waals surface area contributed by atoms with Crippen LogP contribution in [0.3, 0.4) is 0 Å². The molecule has 59 heavy (non-hydrogen) atoms. The molecule has 350 valence electrons. The van der Waals surface area contributed by atoms with Gasteiger partial charge in [-0.15, -0.1) is 0 Å². The molecule has 33 heteroatoms. The molecule has 0 heterocycles. The van der Waals surface area contributed by atoms with Crippen LogP contribution in [0.5, 0.6) is 0 Å². The molecule has 0 aromatic rings. The minimum absolute atomic E-state index is 0.207. The van der Waals surface area contributed by atoms with Gasteiger partial charge in [-0.25, -0.2) is 9.59 Å². The van der Waals surface area contributed by atoms with Crippen LogP contribution in [0, 0.1) is 0 Å². The van der Waals surface area contributed by atoms with E-state index < -0.39 is 142 Å². The van der Waals surface area contributed by atoms with Crippen LogP contribution in [0.2, 0.25) is 0 Å². The van der Waals surface area contributed by atoms with Crippen molar-refractivity contribution in [1.82, 2.24) is 5.32 Å². The molecule has 1 amide bonds. The van der Waals surface area contributed by atoms with Gasteiger partial charge in [-0.2, -0.15) is 114 Å². The molecule has 0 bridgehead atoms. The highest BCUT2D eigenvalue weighted by Gasteiger charge is 2.92. The number of alkyl halides is 26. The number of hydrogen-bond donors (Lipinski definition) is 1. The molecule has 0 saturated carbocycles. The maximum atomic E-state index is 14.0. The number of carbonyl (C=O) groups excluding carboxylic acids is 2. The molecule has 0 atom stereocenters. The predicted molar refractivity (Wildman–Crippen MR) is 136 cm³/mol. The summed E-state index contributed by atoms with van der Waals surface area (Å²) < 4.78 is 362. The summed E-state index contributed by atoms with van der Waals surface area (Å²) in [6, 6.07) is 0. The maximum Gasteiger partial charge on any atom is 0.460 e. The summed E-state index contributed by atoms with van der Waals surface area (Å²) in [4.78, 5) is 23.2. The highest BCUT2D eigenvalue weighted by atomic mass is 19.4. The van der Waals surface area contributed by atoms with E-state index in [9.17, 15) is 124 Å². The number of nitrogens with one attached hydrogen (secondary N) is 1. The molecule has 1 N–H and O–H groups in total. The number of rotatable bonds is 23. The van der Waals surface area contributed by atoms with Gasteiger partial charge in [0, 0.05) is 18.4 Å². The lowest BCUT2D eigenvalue weighted by Gasteiger charge is -2.39. The quantitative estimate of drug-likeness (QED) is 0.0476. The molecule has 0 rings (SSSR count). The average molecular weight is 939 g/mol. The van der Waals surface area contributed by atoms with Crippen LogP contribution in [0.4, 0.5) is 119 Å². The van der Waals surface area contributed by atoms with Crippen molar-refractivity contribution in [3.8, 4) is 0 Å². The van der Waals surface area contributed by atoms with Gasteiger partial charge in [0.15, 0.2) is 6.10 Å². The fraction of sp³-hybridized carbons (Fsp3) is 0.846. The minimum Gasteiger partial charge on any atom is -0.460 e. The Labute approximate surface area is 310 Å². The van der Waals surface area contributed by atoms with Gasteiger partial charge in [0.05, 0.1) is 33.0 Å². The Morgan fingerprint density at radius 3 is 1.08 bits per heavy atom. The number of amides is 1. The first-order valence-electron chi connectivity index (χ1n) is 14.6. The lowest BCUT2D eigenvalue weighted by molar-refractivity contribution is -0.440. The SMILES string of the molecule is C=C(C)C(=O)OCCNC(=O)OC(COCCC(F)(F)C(F)(F)C(F)(F)C(F)(F)C(F)(F)C(F)(F)F)COCCC(F)(F)C(F)(F)C(F)(F)C(F)(F)C(F)(F)C(F)(F)F. The van der Waals surface area contributed by atoms with Gasteiger partial charge in [0.25, 0.3) is 0 Å². The standard InChI is InChI=1S/C26H23F26NO6/c1-11(2)13(54)58-8-5-53-14(55)59-12(9-56-6-3-15(27,28)17(31,32)19(35,36)21(39,40)23(43,44)25(47,48)49)10-57-7-4-16(29,30)18(33,34)20(37,38)22(41,42)24(45,46)26(50,51)52/h12H,1,3-10H2,2H3,(H,53,55). The summed E-state index contributed by atoms with van der Waals surface area (Å²) in [6.07, 6.45) is -25.8. The second-order valence-electron chi connectivity index (χ2n) is 11.5. The van der Waals surface area contributed by atoms with E-state index in [1.54, 1.807) is 5.32 Å². The van der Waals surface area contributed by atoms with Crippen LogP contribution in [0.25, 0.3) is 0 Å². The number of halogens is 26. The summed E-state index contributed by atoms with van der Waals surface area (Å²) in [5.41, 5.74) is -0.207. The largest absolute Gasteiger partial charge is 0.460 e. The van der Waals surface area contributed by atoms with Crippen LogP contribution in [0.15, 0.2) is 12.2 Å². The molecule has 0 aromatic carbocycles. The third-order valence-electron chi connectivity index (χ3n) is 6.95. The Bertz CT molecular complexity index is 1360. The van der Waals surface area contributed by atoms with E-state index in [4.69, 9.17) is 0 Å². The van der Waals surface area contributed by atoms with E-state index in [1.807, 2.05) is 0 Å². The molecule has 7 nitrogen and oxygen atoms in total. The smallest absolute Gasteiger partial charge is 0.460 e. The summed E-state index contributed by atoms with van der Waals surface area (Å²) in [5, 5.41) is 1.67. The summed E-state index contributed by atoms with van der Waals surface area (Å²) >= 11 is 0. The van der Waals surface area contributed by atoms with Gasteiger partial charge in [0.2, 0.25) is 0 Å². The zero-order valence-corrected chi connectivity index (χ0v) is 28.2. The van der Waals surface area contributed by atoms with E-state index in [0.29, 0.717) is 0 Å². The van der Waals surface area contributed by atoms with Crippen molar-refractivity contribution in [2.75, 3.05) is 39.6 Å². The van der Waals surface area contributed by atoms with E-state index in [0.717, 1.165) is 6.92 Å². The van der Waals surface area contributed by atoms with E-state index in [2.05, 4.69) is 25.5 Å². The number of hydrogen-bond acceptors (Lipinski definition) is 6. The van der Waals surface area contributed by atoms with E-state index >= 15 is 0 Å². The number of carbonyl (C=O) groups is 2. The van der Waals surface area contributed by atoms with Gasteiger partial charge < -0.3 is 24.3 Å². The molecular weight excluding hydrogens is 916 g/mol. The molecule has 0 aliphatic carbocycles. The number of esters is 1. The first kappa shape index (κ1) is 55.6. The molecular formula is C26H23F26NO6. The molecule has 0 saturated heterocycles. The number of alkyl carbamates (subject to hydrolysis) is 1. The van der Waals surface area contributed by atoms with Crippen molar-refractivity contribution in [3.63, 3.8) is 0 Å². The van der Waals surface area contributed by atoms with Gasteiger partial charge in [-0.05, 0) is 6.92 Å². The molecule has 0 unspecified atom stereocenters. The first-order valence-corrected chi connectivity index (χ1v) is 14.6. The zero-order chi connectivity index (χ0) is 47.5. The Morgan fingerprint density at radius 2 is 0.797 bits per heavy atom. The second kappa shape index (κ2) is 17.9. The Morgan fingerprint density at radius 1 is 0.492 bits per heavy atom. The van der Waals surface area contributed by atoms with Crippen molar-refractivity contribution < 1.29 is 143 Å². The van der Waals surface area contributed by atoms with Crippen molar-refractivity contribution in [2.45, 2.75) is 97.4 Å². The van der Waals surface area contributed by atoms with Gasteiger partial charge in [0.1, 0.15) is 6.61 Å². The fourth-order valence-corrected chi connectivity index (χ4v) is 3.48. The first-order chi connectivity index (χ1) is 25.8. The lowest BCUT2D eigenvalue weighted by atomic mass is 9.93. The summed E-state index contributed by atoms with van der Waals surface area (Å²) in [6.45, 7) is -5.09. The Kier molecular flexibility index (Phi) is 16.9. The van der Waals surface area contributed by atoms with Gasteiger partial charge in [-0.3, -0.25) is 0 Å². The normalized spacial score (nSPS) is 15.1. The van der Waals surface area contributed by atoms with Crippen LogP contribution in [-0.4, -0.2) is 129 Å². The van der Waals surface area contributed by atoms with Crippen molar-refractivity contribution in [2.24, 2.45) is 0 Å². The highest BCUT2D eigenvalue weighted by Crippen LogP contribution is 2.62. The van der Waals surface area contributed by atoms with Gasteiger partial charge in [-0.1, -0.05) is 6.58 Å². The third kappa shape index (κ3) is 10.9. The van der Waals surface area contributed by atoms with Crippen molar-refractivity contribution >= 4 is 12.1 Å². The third-order valence-corrected chi connectivity index (χ3v) is 6.95. The topological polar surface area (TPSA) is 83.1 Å². The molecule has 0 aromatic heterocycles.